The Hall–Kier alpha value is -2.65. The number of hydrogen-bond donors (Lipinski definition) is 2. The van der Waals surface area contributed by atoms with E-state index < -0.39 is 41.5 Å². The predicted octanol–water partition coefficient (Wildman–Crippen LogP) is 3.42. The van der Waals surface area contributed by atoms with Gasteiger partial charge in [-0.2, -0.15) is 0 Å². The zero-order valence-electron chi connectivity index (χ0n) is 26.1. The van der Waals surface area contributed by atoms with Crippen LogP contribution in [-0.4, -0.2) is 82.8 Å². The van der Waals surface area contributed by atoms with E-state index in [0.29, 0.717) is 32.0 Å². The average molecular weight is 587 g/mol. The highest BCUT2D eigenvalue weighted by Gasteiger charge is 2.69. The summed E-state index contributed by atoms with van der Waals surface area (Å²) in [4.78, 5) is 70.6. The second-order valence-electron chi connectivity index (χ2n) is 15.0. The van der Waals surface area contributed by atoms with Gasteiger partial charge in [-0.25, -0.2) is 4.79 Å². The molecule has 2 saturated heterocycles. The summed E-state index contributed by atoms with van der Waals surface area (Å²) < 4.78 is 5.52. The van der Waals surface area contributed by atoms with Crippen LogP contribution in [0.4, 0.5) is 4.79 Å². The van der Waals surface area contributed by atoms with Crippen molar-refractivity contribution in [2.24, 2.45) is 29.1 Å². The number of Topliss-reactive ketones (excluding diaryl/α,β-unsaturated/α-hetero) is 1. The van der Waals surface area contributed by atoms with E-state index in [1.807, 2.05) is 0 Å². The molecule has 4 amide bonds. The molecule has 234 valence electrons. The minimum atomic E-state index is -0.886. The lowest BCUT2D eigenvalue weighted by atomic mass is 9.80. The van der Waals surface area contributed by atoms with Gasteiger partial charge in [0.25, 0.3) is 5.91 Å². The SMILES string of the molecule is CC(C)(C)OC(=O)N[C@H](C(=O)N1CC2C([C@H]1C(=O)NC(CC1CCC1)C(=O)C(=O)N1CCC1)C2(C)C)C1CCCCC1. The number of likely N-dealkylation sites (tertiary alicyclic amines) is 2. The van der Waals surface area contributed by atoms with E-state index >= 15 is 0 Å². The van der Waals surface area contributed by atoms with Crippen LogP contribution < -0.4 is 10.6 Å². The Morgan fingerprint density at radius 3 is 2.12 bits per heavy atom. The maximum Gasteiger partial charge on any atom is 0.408 e. The van der Waals surface area contributed by atoms with Crippen LogP contribution in [0.3, 0.4) is 0 Å². The smallest absolute Gasteiger partial charge is 0.408 e. The first-order valence-electron chi connectivity index (χ1n) is 16.2. The van der Waals surface area contributed by atoms with Gasteiger partial charge in [0.05, 0.1) is 6.04 Å². The van der Waals surface area contributed by atoms with Crippen LogP contribution in [0.2, 0.25) is 0 Å². The van der Waals surface area contributed by atoms with Crippen LogP contribution in [0.25, 0.3) is 0 Å². The van der Waals surface area contributed by atoms with Gasteiger partial charge in [-0.05, 0) is 75.5 Å². The van der Waals surface area contributed by atoms with Crippen LogP contribution in [0, 0.1) is 29.1 Å². The number of piperidine rings is 1. The van der Waals surface area contributed by atoms with Crippen LogP contribution in [0.1, 0.15) is 98.8 Å². The fourth-order valence-corrected chi connectivity index (χ4v) is 7.65. The summed E-state index contributed by atoms with van der Waals surface area (Å²) in [5.74, 6) is -1.30. The molecule has 2 heterocycles. The minimum absolute atomic E-state index is 0.0329. The minimum Gasteiger partial charge on any atom is -0.444 e. The molecule has 5 atom stereocenters. The second-order valence-corrected chi connectivity index (χ2v) is 15.0. The third-order valence-electron chi connectivity index (χ3n) is 10.6. The summed E-state index contributed by atoms with van der Waals surface area (Å²) >= 11 is 0. The monoisotopic (exact) mass is 586 g/mol. The first-order valence-corrected chi connectivity index (χ1v) is 16.2. The largest absolute Gasteiger partial charge is 0.444 e. The van der Waals surface area contributed by atoms with E-state index in [0.717, 1.165) is 57.8 Å². The number of nitrogens with zero attached hydrogens (tertiary/aromatic N) is 2. The lowest BCUT2D eigenvalue weighted by Crippen LogP contribution is -2.60. The Bertz CT molecular complexity index is 1090. The van der Waals surface area contributed by atoms with Gasteiger partial charge >= 0.3 is 6.09 Å². The maximum absolute atomic E-state index is 14.3. The highest BCUT2D eigenvalue weighted by atomic mass is 16.6. The highest BCUT2D eigenvalue weighted by Crippen LogP contribution is 2.65. The maximum atomic E-state index is 14.3. The normalized spacial score (nSPS) is 28.5. The number of alkyl carbamates (subject to hydrolysis) is 1. The average Bonchev–Trinajstić information content (AvgIpc) is 3.19. The summed E-state index contributed by atoms with van der Waals surface area (Å²) in [5, 5.41) is 5.85. The van der Waals surface area contributed by atoms with Crippen LogP contribution in [0.5, 0.6) is 0 Å². The van der Waals surface area contributed by atoms with Gasteiger partial charge in [-0.15, -0.1) is 0 Å². The topological polar surface area (TPSA) is 125 Å². The van der Waals surface area contributed by atoms with Gasteiger partial charge in [0.2, 0.25) is 17.6 Å². The molecule has 0 aromatic carbocycles. The molecule has 5 rings (SSSR count). The van der Waals surface area contributed by atoms with E-state index in [4.69, 9.17) is 4.74 Å². The van der Waals surface area contributed by atoms with Crippen molar-refractivity contribution in [1.82, 2.24) is 20.4 Å². The molecule has 0 radical (unpaired) electrons. The van der Waals surface area contributed by atoms with Gasteiger partial charge in [-0.1, -0.05) is 52.4 Å². The van der Waals surface area contributed by atoms with Crippen molar-refractivity contribution in [3.63, 3.8) is 0 Å². The number of nitrogens with one attached hydrogen (secondary N) is 2. The summed E-state index contributed by atoms with van der Waals surface area (Å²) in [5.41, 5.74) is -0.819. The number of fused-ring (bicyclic) bond motifs is 1. The van der Waals surface area contributed by atoms with E-state index in [1.165, 1.54) is 0 Å². The Morgan fingerprint density at radius 2 is 1.57 bits per heavy atom. The fourth-order valence-electron chi connectivity index (χ4n) is 7.65. The third-order valence-corrected chi connectivity index (χ3v) is 10.6. The van der Waals surface area contributed by atoms with Crippen molar-refractivity contribution in [3.05, 3.63) is 0 Å². The zero-order chi connectivity index (χ0) is 30.4. The lowest BCUT2D eigenvalue weighted by Gasteiger charge is -2.38. The third kappa shape index (κ3) is 6.32. The standard InChI is InChI=1S/C32H50N4O6/c1-31(2,3)42-30(41)34-24(20-13-7-6-8-14-20)28(39)36-18-21-23(32(21,4)5)25(36)27(38)33-22(17-19-11-9-12-19)26(37)29(40)35-15-10-16-35/h19-25H,6-18H2,1-5H3,(H,33,38)(H,34,41)/t21?,22?,23?,24-,25-/m0/s1. The van der Waals surface area contributed by atoms with Gasteiger partial charge < -0.3 is 25.2 Å². The van der Waals surface area contributed by atoms with Gasteiger partial charge in [0, 0.05) is 19.6 Å². The van der Waals surface area contributed by atoms with Crippen molar-refractivity contribution in [1.29, 1.82) is 0 Å². The molecular weight excluding hydrogens is 536 g/mol. The summed E-state index contributed by atoms with van der Waals surface area (Å²) in [6.07, 6.45) is 8.50. The molecule has 2 aliphatic heterocycles. The zero-order valence-corrected chi connectivity index (χ0v) is 26.1. The second kappa shape index (κ2) is 11.8. The molecule has 5 fully saturated rings. The van der Waals surface area contributed by atoms with Crippen molar-refractivity contribution in [2.45, 2.75) is 123 Å². The van der Waals surface area contributed by atoms with Crippen LogP contribution >= 0.6 is 0 Å². The molecule has 3 saturated carbocycles. The summed E-state index contributed by atoms with van der Waals surface area (Å²) in [6, 6.07) is -2.42. The lowest BCUT2D eigenvalue weighted by molar-refractivity contribution is -0.149. The number of ketones is 1. The molecule has 10 heteroatoms. The Morgan fingerprint density at radius 1 is 0.905 bits per heavy atom. The van der Waals surface area contributed by atoms with Crippen molar-refractivity contribution in [3.8, 4) is 0 Å². The summed E-state index contributed by atoms with van der Waals surface area (Å²) in [7, 11) is 0. The molecule has 10 nitrogen and oxygen atoms in total. The van der Waals surface area contributed by atoms with E-state index in [2.05, 4.69) is 24.5 Å². The fraction of sp³-hybridized carbons (Fsp3) is 0.844. The van der Waals surface area contributed by atoms with E-state index in [9.17, 15) is 24.0 Å². The number of carbonyl (C=O) groups is 5. The number of amides is 4. The van der Waals surface area contributed by atoms with Gasteiger partial charge in [0.1, 0.15) is 17.7 Å². The molecule has 3 unspecified atom stereocenters. The predicted molar refractivity (Wildman–Crippen MR) is 156 cm³/mol. The number of hydrogen-bond acceptors (Lipinski definition) is 6. The summed E-state index contributed by atoms with van der Waals surface area (Å²) in [6.45, 7) is 11.2. The van der Waals surface area contributed by atoms with E-state index in [1.54, 1.807) is 30.6 Å². The highest BCUT2D eigenvalue weighted by molar-refractivity contribution is 6.38. The molecule has 0 spiro atoms. The number of rotatable bonds is 9. The number of ether oxygens (including phenoxy) is 1. The van der Waals surface area contributed by atoms with Crippen molar-refractivity contribution >= 4 is 29.6 Å². The van der Waals surface area contributed by atoms with Crippen molar-refractivity contribution in [2.75, 3.05) is 19.6 Å². The van der Waals surface area contributed by atoms with Gasteiger partial charge in [-0.3, -0.25) is 19.2 Å². The quantitative estimate of drug-likeness (QED) is 0.399. The molecule has 3 aliphatic carbocycles. The van der Waals surface area contributed by atoms with Crippen molar-refractivity contribution < 1.29 is 28.7 Å². The Labute approximate surface area is 250 Å². The van der Waals surface area contributed by atoms with E-state index in [-0.39, 0.29) is 35.0 Å². The van der Waals surface area contributed by atoms with Gasteiger partial charge in [0.15, 0.2) is 0 Å². The number of carbonyl (C=O) groups excluding carboxylic acids is 5. The van der Waals surface area contributed by atoms with Crippen LogP contribution in [-0.2, 0) is 23.9 Å². The first kappa shape index (κ1) is 30.8. The Balaban J connectivity index is 1.35. The first-order chi connectivity index (χ1) is 19.8. The molecule has 0 aromatic rings. The molecular formula is C32H50N4O6. The molecule has 0 bridgehead atoms. The Kier molecular flexibility index (Phi) is 8.65. The molecule has 42 heavy (non-hydrogen) atoms. The molecule has 0 aromatic heterocycles. The van der Waals surface area contributed by atoms with Crippen LogP contribution in [0.15, 0.2) is 0 Å². The molecule has 5 aliphatic rings. The molecule has 2 N–H and O–H groups in total.